The second kappa shape index (κ2) is 2.46. The van der Waals surface area contributed by atoms with E-state index in [9.17, 15) is 0 Å². The van der Waals surface area contributed by atoms with Crippen molar-refractivity contribution in [1.29, 1.82) is 0 Å². The van der Waals surface area contributed by atoms with Gasteiger partial charge in [0.15, 0.2) is 5.70 Å². The van der Waals surface area contributed by atoms with E-state index in [2.05, 4.69) is 27.1 Å². The van der Waals surface area contributed by atoms with Gasteiger partial charge in [0, 0.05) is 12.7 Å². The Labute approximate surface area is 51.3 Å². The third-order valence-electron chi connectivity index (χ3n) is 0.842. The van der Waals surface area contributed by atoms with Crippen molar-refractivity contribution >= 4 is 0 Å². The molecule has 0 N–H and O–H groups in total. The molecule has 0 atom stereocenters. The second-order valence-electron chi connectivity index (χ2n) is 1.73. The van der Waals surface area contributed by atoms with Crippen molar-refractivity contribution in [3.63, 3.8) is 0 Å². The molecule has 43 valence electrons. The second-order valence-corrected chi connectivity index (χ2v) is 1.73. The number of hydrogen-bond donors (Lipinski definition) is 0. The van der Waals surface area contributed by atoms with E-state index in [1.165, 1.54) is 0 Å². The third-order valence-corrected chi connectivity index (χ3v) is 0.842. The maximum Gasteiger partial charge on any atom is 0.190 e. The van der Waals surface area contributed by atoms with Crippen LogP contribution in [-0.4, -0.2) is 4.90 Å². The smallest absolute Gasteiger partial charge is 0.190 e. The molecular weight excluding hydrogens is 98.1 g/mol. The van der Waals surface area contributed by atoms with Crippen LogP contribution in [0.2, 0.25) is 0 Å². The van der Waals surface area contributed by atoms with Gasteiger partial charge in [-0.15, -0.1) is 0 Å². The van der Waals surface area contributed by atoms with Gasteiger partial charge in [0.2, 0.25) is 0 Å². The van der Waals surface area contributed by atoms with Gasteiger partial charge in [0.1, 0.15) is 0 Å². The minimum Gasteiger partial charge on any atom is -0.312 e. The molecule has 0 saturated carbocycles. The third kappa shape index (κ3) is 1.73. The summed E-state index contributed by atoms with van der Waals surface area (Å²) < 4.78 is 0. The molecule has 0 aromatic carbocycles. The van der Waals surface area contributed by atoms with Gasteiger partial charge < -0.3 is 4.90 Å². The monoisotopic (exact) mass is 109 g/mol. The summed E-state index contributed by atoms with van der Waals surface area (Å²) >= 11 is 0. The van der Waals surface area contributed by atoms with Crippen LogP contribution in [0.1, 0.15) is 6.92 Å². The first-order valence-corrected chi connectivity index (χ1v) is 2.32. The van der Waals surface area contributed by atoms with Crippen LogP contribution in [0.15, 0.2) is 24.6 Å². The molecule has 0 saturated heterocycles. The van der Waals surface area contributed by atoms with Crippen LogP contribution < -0.4 is 0 Å². The van der Waals surface area contributed by atoms with Gasteiger partial charge >= 0.3 is 0 Å². The maximum absolute atomic E-state index is 3.64. The molecule has 0 heterocycles. The summed E-state index contributed by atoms with van der Waals surface area (Å²) in [6.45, 7) is 12.6. The predicted molar refractivity (Wildman–Crippen MR) is 36.5 cm³/mol. The van der Waals surface area contributed by atoms with Crippen molar-refractivity contribution in [1.82, 2.24) is 4.90 Å². The number of rotatable bonds is 2. The SMILES string of the molecule is [CH2]N(C(=C)[CH2+])C(=C)C. The van der Waals surface area contributed by atoms with Crippen LogP contribution in [0.4, 0.5) is 0 Å². The maximum atomic E-state index is 3.64. The number of allylic oxidation sites excluding steroid dienone is 2. The summed E-state index contributed by atoms with van der Waals surface area (Å²) in [5.74, 6) is 0. The van der Waals surface area contributed by atoms with Gasteiger partial charge in [-0.25, -0.2) is 0 Å². The summed E-state index contributed by atoms with van der Waals surface area (Å²) in [5, 5.41) is 0. The molecule has 0 fully saturated rings. The Morgan fingerprint density at radius 2 is 1.88 bits per heavy atom. The Balaban J connectivity index is 3.83. The molecule has 0 spiro atoms. The lowest BCUT2D eigenvalue weighted by atomic mass is 10.4. The molecule has 0 unspecified atom stereocenters. The molecule has 0 amide bonds. The topological polar surface area (TPSA) is 3.24 Å². The Hall–Kier alpha value is -0.850. The zero-order valence-electron chi connectivity index (χ0n) is 5.28. The predicted octanol–water partition coefficient (Wildman–Crippen LogP) is 1.96. The Kier molecular flexibility index (Phi) is 2.19. The van der Waals surface area contributed by atoms with Crippen LogP contribution in [0, 0.1) is 14.0 Å². The molecule has 0 aromatic heterocycles. The average Bonchev–Trinajstić information content (AvgIpc) is 1.64. The van der Waals surface area contributed by atoms with E-state index in [1.54, 1.807) is 4.90 Å². The van der Waals surface area contributed by atoms with Gasteiger partial charge in [-0.3, -0.25) is 0 Å². The fourth-order valence-corrected chi connectivity index (χ4v) is 0.270. The zero-order valence-corrected chi connectivity index (χ0v) is 5.28. The number of hydrogen-bond acceptors (Lipinski definition) is 1. The van der Waals surface area contributed by atoms with Gasteiger partial charge in [0.05, 0.1) is 13.5 Å². The first-order chi connectivity index (χ1) is 3.55. The lowest BCUT2D eigenvalue weighted by molar-refractivity contribution is 0.592. The van der Waals surface area contributed by atoms with Crippen molar-refractivity contribution in [2.75, 3.05) is 0 Å². The van der Waals surface area contributed by atoms with Crippen molar-refractivity contribution in [2.45, 2.75) is 6.92 Å². The largest absolute Gasteiger partial charge is 0.312 e. The van der Waals surface area contributed by atoms with E-state index in [-0.39, 0.29) is 0 Å². The normalized spacial score (nSPS) is 8.25. The van der Waals surface area contributed by atoms with E-state index in [4.69, 9.17) is 0 Å². The van der Waals surface area contributed by atoms with Gasteiger partial charge in [-0.05, 0) is 6.92 Å². The molecule has 0 rings (SSSR count). The summed E-state index contributed by atoms with van der Waals surface area (Å²) in [7, 11) is 3.61. The van der Waals surface area contributed by atoms with E-state index in [0.717, 1.165) is 5.70 Å². The van der Waals surface area contributed by atoms with Crippen LogP contribution in [0.25, 0.3) is 0 Å². The fourth-order valence-electron chi connectivity index (χ4n) is 0.270. The molecule has 0 aliphatic carbocycles. The Morgan fingerprint density at radius 3 is 1.88 bits per heavy atom. The van der Waals surface area contributed by atoms with E-state index in [1.807, 2.05) is 6.92 Å². The zero-order chi connectivity index (χ0) is 6.73. The molecular formula is C7H11N+. The van der Waals surface area contributed by atoms with E-state index < -0.39 is 0 Å². The summed E-state index contributed by atoms with van der Waals surface area (Å²) in [4.78, 5) is 1.58. The van der Waals surface area contributed by atoms with Crippen molar-refractivity contribution in [3.8, 4) is 0 Å². The Morgan fingerprint density at radius 1 is 1.50 bits per heavy atom. The quantitative estimate of drug-likeness (QED) is 0.490. The molecule has 0 aliphatic rings. The minimum absolute atomic E-state index is 0.664. The summed E-state index contributed by atoms with van der Waals surface area (Å²) in [5.41, 5.74) is 1.52. The van der Waals surface area contributed by atoms with Gasteiger partial charge in [-0.1, -0.05) is 6.58 Å². The molecule has 1 radical (unpaired) electrons. The van der Waals surface area contributed by atoms with Crippen LogP contribution in [0.3, 0.4) is 0 Å². The van der Waals surface area contributed by atoms with E-state index >= 15 is 0 Å². The average molecular weight is 109 g/mol. The highest BCUT2D eigenvalue weighted by atomic mass is 15.1. The lowest BCUT2D eigenvalue weighted by Gasteiger charge is -2.11. The highest BCUT2D eigenvalue weighted by Gasteiger charge is 1.99. The lowest BCUT2D eigenvalue weighted by Crippen LogP contribution is -2.07. The van der Waals surface area contributed by atoms with Gasteiger partial charge in [-0.2, -0.15) is 0 Å². The highest BCUT2D eigenvalue weighted by molar-refractivity contribution is 5.07. The van der Waals surface area contributed by atoms with Crippen molar-refractivity contribution in [3.05, 3.63) is 38.5 Å². The Bertz CT molecular complexity index is 99.6. The number of nitrogens with zero attached hydrogens (tertiary/aromatic N) is 1. The first-order valence-electron chi connectivity index (χ1n) is 2.32. The summed E-state index contributed by atoms with van der Waals surface area (Å²) in [6.07, 6.45) is 0. The van der Waals surface area contributed by atoms with Crippen LogP contribution in [0.5, 0.6) is 0 Å². The molecule has 1 nitrogen and oxygen atoms in total. The van der Waals surface area contributed by atoms with Crippen LogP contribution >= 0.6 is 0 Å². The molecule has 1 heteroatoms. The molecule has 0 bridgehead atoms. The highest BCUT2D eigenvalue weighted by Crippen LogP contribution is 2.04. The first kappa shape index (κ1) is 7.15. The molecule has 0 aromatic rings. The van der Waals surface area contributed by atoms with E-state index in [0.29, 0.717) is 5.70 Å². The summed E-state index contributed by atoms with van der Waals surface area (Å²) in [6, 6.07) is 0. The minimum atomic E-state index is 0.664. The van der Waals surface area contributed by atoms with Crippen LogP contribution in [-0.2, 0) is 0 Å². The fraction of sp³-hybridized carbons (Fsp3) is 0.143. The van der Waals surface area contributed by atoms with Crippen molar-refractivity contribution < 1.29 is 0 Å². The van der Waals surface area contributed by atoms with Gasteiger partial charge in [0.25, 0.3) is 0 Å². The molecule has 8 heavy (non-hydrogen) atoms. The molecule has 0 aliphatic heterocycles. The standard InChI is InChI=1S/C7H11N/c1-6(2)8(5)7(3)4/h1-3,5H2,4H3/q+1. The van der Waals surface area contributed by atoms with Crippen molar-refractivity contribution in [2.24, 2.45) is 0 Å².